The number of hydrogen-bond donors (Lipinski definition) is 0. The third-order valence-corrected chi connectivity index (χ3v) is 11.1. The SMILES string of the molecule is c1ccc(-c2ccc(N(c3ccc(-c4cccc5c4oc4ccc6oc(-c7ccccc7)nc6c45)cc3)c3ccc(-c4ccccc4)c(-c4ccccc4)c3)cc2)cc1. The molecular weight excluding hydrogens is 721 g/mol. The standard InChI is InChI=1S/C55H36N2O2/c1-5-14-37(15-6-1)38-24-28-43(29-25-38)57(45-32-33-46(39-16-7-2-8-17-39)49(36-45)40-18-9-3-10-19-40)44-30-26-41(27-31-44)47-22-13-23-48-52-50(58-54(47)48)34-35-51-53(52)56-55(59-51)42-20-11-4-12-21-42/h1-36H. The molecule has 0 aliphatic rings. The van der Waals surface area contributed by atoms with E-state index < -0.39 is 0 Å². The molecular formula is C55H36N2O2. The van der Waals surface area contributed by atoms with Crippen LogP contribution in [0, 0.1) is 0 Å². The minimum absolute atomic E-state index is 0.596. The molecule has 0 aliphatic carbocycles. The molecule has 2 aromatic heterocycles. The summed E-state index contributed by atoms with van der Waals surface area (Å²) in [6.45, 7) is 0. The summed E-state index contributed by atoms with van der Waals surface area (Å²) in [6.07, 6.45) is 0. The summed E-state index contributed by atoms with van der Waals surface area (Å²) in [5.74, 6) is 0.596. The molecule has 0 saturated heterocycles. The minimum Gasteiger partial charge on any atom is -0.455 e. The third-order valence-electron chi connectivity index (χ3n) is 11.1. The van der Waals surface area contributed by atoms with E-state index in [1.807, 2.05) is 42.5 Å². The second-order valence-electron chi connectivity index (χ2n) is 14.7. The van der Waals surface area contributed by atoms with Crippen molar-refractivity contribution in [3.63, 3.8) is 0 Å². The predicted octanol–water partition coefficient (Wildman–Crippen LogP) is 15.5. The van der Waals surface area contributed by atoms with E-state index in [4.69, 9.17) is 13.8 Å². The van der Waals surface area contributed by atoms with Crippen LogP contribution in [0.2, 0.25) is 0 Å². The molecule has 0 saturated carbocycles. The number of benzene rings is 9. The molecule has 278 valence electrons. The number of furan rings is 1. The monoisotopic (exact) mass is 756 g/mol. The van der Waals surface area contributed by atoms with Crippen LogP contribution < -0.4 is 4.90 Å². The molecule has 4 heteroatoms. The number of anilines is 3. The average molecular weight is 757 g/mol. The summed E-state index contributed by atoms with van der Waals surface area (Å²) in [6, 6.07) is 76.5. The van der Waals surface area contributed by atoms with E-state index in [0.717, 1.165) is 66.8 Å². The molecule has 11 rings (SSSR count). The van der Waals surface area contributed by atoms with E-state index in [2.05, 4.69) is 181 Å². The topological polar surface area (TPSA) is 42.4 Å². The van der Waals surface area contributed by atoms with Gasteiger partial charge in [-0.25, -0.2) is 4.98 Å². The Kier molecular flexibility index (Phi) is 8.45. The van der Waals surface area contributed by atoms with Gasteiger partial charge in [-0.2, -0.15) is 0 Å². The number of rotatable bonds is 8. The smallest absolute Gasteiger partial charge is 0.227 e. The van der Waals surface area contributed by atoms with Gasteiger partial charge in [0.15, 0.2) is 5.58 Å². The Labute approximate surface area is 341 Å². The summed E-state index contributed by atoms with van der Waals surface area (Å²) in [5.41, 5.74) is 16.4. The van der Waals surface area contributed by atoms with Crippen molar-refractivity contribution >= 4 is 50.1 Å². The van der Waals surface area contributed by atoms with Crippen LogP contribution in [0.4, 0.5) is 17.1 Å². The van der Waals surface area contributed by atoms with Gasteiger partial charge in [0.1, 0.15) is 16.7 Å². The number of hydrogen-bond acceptors (Lipinski definition) is 4. The molecule has 2 heterocycles. The van der Waals surface area contributed by atoms with Crippen LogP contribution in [0.25, 0.3) is 89.0 Å². The first kappa shape index (κ1) is 34.3. The highest BCUT2D eigenvalue weighted by atomic mass is 16.4. The Morgan fingerprint density at radius 2 is 0.847 bits per heavy atom. The van der Waals surface area contributed by atoms with Crippen molar-refractivity contribution in [3.05, 3.63) is 218 Å². The van der Waals surface area contributed by atoms with E-state index in [-0.39, 0.29) is 0 Å². The molecule has 0 aliphatic heterocycles. The fourth-order valence-electron chi connectivity index (χ4n) is 8.27. The van der Waals surface area contributed by atoms with Gasteiger partial charge < -0.3 is 13.7 Å². The number of oxazole rings is 1. The summed E-state index contributed by atoms with van der Waals surface area (Å²) in [4.78, 5) is 7.30. The molecule has 0 radical (unpaired) electrons. The maximum absolute atomic E-state index is 6.64. The van der Waals surface area contributed by atoms with E-state index in [0.29, 0.717) is 5.89 Å². The van der Waals surface area contributed by atoms with Crippen LogP contribution >= 0.6 is 0 Å². The molecule has 0 bridgehead atoms. The highest BCUT2D eigenvalue weighted by Crippen LogP contribution is 2.43. The summed E-state index contributed by atoms with van der Waals surface area (Å²) < 4.78 is 12.9. The molecule has 59 heavy (non-hydrogen) atoms. The highest BCUT2D eigenvalue weighted by molar-refractivity contribution is 6.19. The Morgan fingerprint density at radius 1 is 0.339 bits per heavy atom. The molecule has 0 spiro atoms. The van der Waals surface area contributed by atoms with Crippen molar-refractivity contribution in [3.8, 4) is 56.0 Å². The molecule has 11 aromatic rings. The Hall–Kier alpha value is -7.95. The summed E-state index contributed by atoms with van der Waals surface area (Å²) in [7, 11) is 0. The zero-order valence-corrected chi connectivity index (χ0v) is 32.0. The normalized spacial score (nSPS) is 11.4. The highest BCUT2D eigenvalue weighted by Gasteiger charge is 2.20. The van der Waals surface area contributed by atoms with E-state index in [9.17, 15) is 0 Å². The van der Waals surface area contributed by atoms with E-state index in [1.165, 1.54) is 33.4 Å². The van der Waals surface area contributed by atoms with Gasteiger partial charge in [0.25, 0.3) is 0 Å². The van der Waals surface area contributed by atoms with Crippen molar-refractivity contribution in [2.75, 3.05) is 4.90 Å². The van der Waals surface area contributed by atoms with Crippen LogP contribution in [-0.2, 0) is 0 Å². The number of aromatic nitrogens is 1. The largest absolute Gasteiger partial charge is 0.455 e. The lowest BCUT2D eigenvalue weighted by Gasteiger charge is -2.27. The first-order chi connectivity index (χ1) is 29.2. The Bertz CT molecular complexity index is 3230. The molecule has 0 amide bonds. The number of nitrogens with zero attached hydrogens (tertiary/aromatic N) is 2. The lowest BCUT2D eigenvalue weighted by molar-refractivity contribution is 0.619. The minimum atomic E-state index is 0.596. The van der Waals surface area contributed by atoms with Crippen molar-refractivity contribution < 1.29 is 8.83 Å². The molecule has 0 atom stereocenters. The van der Waals surface area contributed by atoms with E-state index in [1.54, 1.807) is 0 Å². The van der Waals surface area contributed by atoms with Gasteiger partial charge in [0, 0.05) is 33.6 Å². The quantitative estimate of drug-likeness (QED) is 0.155. The first-order valence-electron chi connectivity index (χ1n) is 19.9. The zero-order chi connectivity index (χ0) is 39.1. The predicted molar refractivity (Wildman–Crippen MR) is 243 cm³/mol. The van der Waals surface area contributed by atoms with Crippen LogP contribution in [0.5, 0.6) is 0 Å². The second kappa shape index (κ2) is 14.5. The first-order valence-corrected chi connectivity index (χ1v) is 19.9. The van der Waals surface area contributed by atoms with Crippen molar-refractivity contribution in [1.82, 2.24) is 4.98 Å². The molecule has 0 N–H and O–H groups in total. The Morgan fingerprint density at radius 3 is 1.49 bits per heavy atom. The van der Waals surface area contributed by atoms with Gasteiger partial charge in [-0.15, -0.1) is 0 Å². The summed E-state index contributed by atoms with van der Waals surface area (Å²) in [5, 5.41) is 1.97. The van der Waals surface area contributed by atoms with Crippen molar-refractivity contribution in [1.29, 1.82) is 0 Å². The van der Waals surface area contributed by atoms with Crippen molar-refractivity contribution in [2.24, 2.45) is 0 Å². The average Bonchev–Trinajstić information content (AvgIpc) is 3.93. The molecule has 0 unspecified atom stereocenters. The number of para-hydroxylation sites is 1. The van der Waals surface area contributed by atoms with Crippen LogP contribution in [-0.4, -0.2) is 4.98 Å². The van der Waals surface area contributed by atoms with Gasteiger partial charge in [-0.05, 0) is 99.6 Å². The molecule has 9 aromatic carbocycles. The third kappa shape index (κ3) is 6.24. The lowest BCUT2D eigenvalue weighted by atomic mass is 9.93. The Balaban J connectivity index is 1.03. The second-order valence-corrected chi connectivity index (χ2v) is 14.7. The van der Waals surface area contributed by atoms with Crippen LogP contribution in [0.1, 0.15) is 0 Å². The van der Waals surface area contributed by atoms with Gasteiger partial charge in [0.05, 0.1) is 5.39 Å². The van der Waals surface area contributed by atoms with E-state index >= 15 is 0 Å². The fraction of sp³-hybridized carbons (Fsp3) is 0. The number of fused-ring (bicyclic) bond motifs is 5. The molecule has 4 nitrogen and oxygen atoms in total. The lowest BCUT2D eigenvalue weighted by Crippen LogP contribution is -2.10. The summed E-state index contributed by atoms with van der Waals surface area (Å²) >= 11 is 0. The fourth-order valence-corrected chi connectivity index (χ4v) is 8.27. The van der Waals surface area contributed by atoms with Crippen LogP contribution in [0.15, 0.2) is 227 Å². The molecule has 0 fully saturated rings. The van der Waals surface area contributed by atoms with Gasteiger partial charge >= 0.3 is 0 Å². The maximum atomic E-state index is 6.64. The van der Waals surface area contributed by atoms with Crippen molar-refractivity contribution in [2.45, 2.75) is 0 Å². The zero-order valence-electron chi connectivity index (χ0n) is 32.0. The maximum Gasteiger partial charge on any atom is 0.227 e. The van der Waals surface area contributed by atoms with Crippen LogP contribution in [0.3, 0.4) is 0 Å². The van der Waals surface area contributed by atoms with Gasteiger partial charge in [-0.3, -0.25) is 0 Å². The van der Waals surface area contributed by atoms with Gasteiger partial charge in [-0.1, -0.05) is 158 Å². The van der Waals surface area contributed by atoms with Gasteiger partial charge in [0.2, 0.25) is 5.89 Å².